The number of nitrogen functional groups attached to an aromatic ring is 1. The molecule has 0 spiro atoms. The Morgan fingerprint density at radius 1 is 1.22 bits per heavy atom. The van der Waals surface area contributed by atoms with Crippen LogP contribution in [-0.2, 0) is 6.42 Å². The van der Waals surface area contributed by atoms with Gasteiger partial charge in [0.1, 0.15) is 5.82 Å². The molecule has 2 aromatic rings. The Balaban J connectivity index is 2.60. The van der Waals surface area contributed by atoms with Crippen molar-refractivity contribution < 1.29 is 0 Å². The lowest BCUT2D eigenvalue weighted by Gasteiger charge is -2.09. The number of hydrogen-bond acceptors (Lipinski definition) is 3. The smallest absolute Gasteiger partial charge is 0.162 e. The highest BCUT2D eigenvalue weighted by molar-refractivity contribution is 9.11. The molecule has 0 radical (unpaired) electrons. The van der Waals surface area contributed by atoms with E-state index >= 15 is 0 Å². The predicted molar refractivity (Wildman–Crippen MR) is 81.4 cm³/mol. The summed E-state index contributed by atoms with van der Waals surface area (Å²) >= 11 is 6.96. The minimum Gasteiger partial charge on any atom is -0.383 e. The third-order valence-corrected chi connectivity index (χ3v) is 4.17. The van der Waals surface area contributed by atoms with Crippen molar-refractivity contribution in [3.63, 3.8) is 0 Å². The molecule has 18 heavy (non-hydrogen) atoms. The van der Waals surface area contributed by atoms with Crippen molar-refractivity contribution in [3.8, 4) is 11.4 Å². The molecule has 2 rings (SSSR count). The summed E-state index contributed by atoms with van der Waals surface area (Å²) in [4.78, 5) is 8.88. The van der Waals surface area contributed by atoms with Gasteiger partial charge >= 0.3 is 0 Å². The molecule has 0 amide bonds. The molecule has 0 unspecified atom stereocenters. The molecule has 1 heterocycles. The molecule has 0 fully saturated rings. The van der Waals surface area contributed by atoms with Gasteiger partial charge in [-0.05, 0) is 47.0 Å². The second-order valence-corrected chi connectivity index (χ2v) is 5.68. The second-order valence-electron chi connectivity index (χ2n) is 4.03. The maximum absolute atomic E-state index is 5.90. The van der Waals surface area contributed by atoms with Crippen LogP contribution >= 0.6 is 31.9 Å². The average Bonchev–Trinajstić information content (AvgIpc) is 2.32. The molecule has 0 atom stereocenters. The molecular formula is C13H13Br2N3. The number of aromatic nitrogens is 2. The van der Waals surface area contributed by atoms with Gasteiger partial charge in [-0.2, -0.15) is 0 Å². The van der Waals surface area contributed by atoms with Crippen molar-refractivity contribution in [1.82, 2.24) is 9.97 Å². The number of hydrogen-bond donors (Lipinski definition) is 1. The summed E-state index contributed by atoms with van der Waals surface area (Å²) in [5.74, 6) is 1.13. The van der Waals surface area contributed by atoms with Gasteiger partial charge in [0.25, 0.3) is 0 Å². The number of aryl methyl sites for hydroxylation is 2. The lowest BCUT2D eigenvalue weighted by molar-refractivity contribution is 0.995. The second kappa shape index (κ2) is 5.36. The highest BCUT2D eigenvalue weighted by atomic mass is 79.9. The highest BCUT2D eigenvalue weighted by Crippen LogP contribution is 2.30. The van der Waals surface area contributed by atoms with Crippen LogP contribution in [0.5, 0.6) is 0 Å². The number of benzene rings is 1. The van der Waals surface area contributed by atoms with Gasteiger partial charge in [-0.15, -0.1) is 0 Å². The molecule has 0 saturated carbocycles. The molecule has 1 aromatic carbocycles. The largest absolute Gasteiger partial charge is 0.383 e. The van der Waals surface area contributed by atoms with E-state index in [4.69, 9.17) is 5.73 Å². The first-order valence-corrected chi connectivity index (χ1v) is 7.20. The lowest BCUT2D eigenvalue weighted by Crippen LogP contribution is -2.02. The normalized spacial score (nSPS) is 10.7. The lowest BCUT2D eigenvalue weighted by atomic mass is 10.1. The minimum absolute atomic E-state index is 0.476. The quantitative estimate of drug-likeness (QED) is 0.864. The standard InChI is InChI=1S/C13H13Br2N3/c1-3-10-11(15)12(16)18-13(17-10)8-5-4-7(2)6-9(8)14/h4-6H,3H2,1-2H3,(H2,16,17,18). The van der Waals surface area contributed by atoms with Crippen LogP contribution in [0.15, 0.2) is 27.1 Å². The monoisotopic (exact) mass is 369 g/mol. The number of halogens is 2. The van der Waals surface area contributed by atoms with Crippen molar-refractivity contribution in [2.24, 2.45) is 0 Å². The van der Waals surface area contributed by atoms with E-state index in [-0.39, 0.29) is 0 Å². The zero-order valence-electron chi connectivity index (χ0n) is 10.2. The molecule has 0 bridgehead atoms. The van der Waals surface area contributed by atoms with E-state index in [0.717, 1.165) is 26.6 Å². The summed E-state index contributed by atoms with van der Waals surface area (Å²) < 4.78 is 1.77. The van der Waals surface area contributed by atoms with Crippen LogP contribution in [0.4, 0.5) is 5.82 Å². The first kappa shape index (κ1) is 13.5. The zero-order chi connectivity index (χ0) is 13.3. The van der Waals surface area contributed by atoms with Crippen molar-refractivity contribution in [3.05, 3.63) is 38.4 Å². The number of rotatable bonds is 2. The first-order valence-electron chi connectivity index (χ1n) is 5.61. The molecule has 2 N–H and O–H groups in total. The molecule has 1 aromatic heterocycles. The van der Waals surface area contributed by atoms with Crippen LogP contribution < -0.4 is 5.73 Å². The van der Waals surface area contributed by atoms with E-state index < -0.39 is 0 Å². The summed E-state index contributed by atoms with van der Waals surface area (Å²) in [6.45, 7) is 4.09. The molecule has 0 saturated heterocycles. The summed E-state index contributed by atoms with van der Waals surface area (Å²) in [5.41, 5.74) is 8.96. The fraction of sp³-hybridized carbons (Fsp3) is 0.231. The van der Waals surface area contributed by atoms with Crippen molar-refractivity contribution in [2.45, 2.75) is 20.3 Å². The molecular weight excluding hydrogens is 358 g/mol. The molecule has 0 aliphatic rings. The zero-order valence-corrected chi connectivity index (χ0v) is 13.3. The summed E-state index contributed by atoms with van der Waals surface area (Å²) in [5, 5.41) is 0. The third kappa shape index (κ3) is 2.57. The molecule has 5 heteroatoms. The van der Waals surface area contributed by atoms with Gasteiger partial charge in [0.05, 0.1) is 10.2 Å². The van der Waals surface area contributed by atoms with Crippen molar-refractivity contribution in [2.75, 3.05) is 5.73 Å². The van der Waals surface area contributed by atoms with Crippen LogP contribution in [0.25, 0.3) is 11.4 Å². The van der Waals surface area contributed by atoms with Gasteiger partial charge in [0, 0.05) is 10.0 Å². The maximum atomic E-state index is 5.90. The summed E-state index contributed by atoms with van der Waals surface area (Å²) in [7, 11) is 0. The number of nitrogens with two attached hydrogens (primary N) is 1. The van der Waals surface area contributed by atoms with Crippen molar-refractivity contribution >= 4 is 37.7 Å². The van der Waals surface area contributed by atoms with Gasteiger partial charge in [-0.3, -0.25) is 0 Å². The molecule has 0 aliphatic carbocycles. The Morgan fingerprint density at radius 2 is 1.94 bits per heavy atom. The van der Waals surface area contributed by atoms with Gasteiger partial charge in [0.15, 0.2) is 5.82 Å². The van der Waals surface area contributed by atoms with Gasteiger partial charge in [-0.1, -0.05) is 28.9 Å². The van der Waals surface area contributed by atoms with Crippen molar-refractivity contribution in [1.29, 1.82) is 0 Å². The van der Waals surface area contributed by atoms with Crippen LogP contribution in [-0.4, -0.2) is 9.97 Å². The van der Waals surface area contributed by atoms with E-state index in [9.17, 15) is 0 Å². The minimum atomic E-state index is 0.476. The average molecular weight is 371 g/mol. The van der Waals surface area contributed by atoms with E-state index in [1.54, 1.807) is 0 Å². The van der Waals surface area contributed by atoms with Crippen LogP contribution in [0, 0.1) is 6.92 Å². The Bertz CT molecular complexity index is 597. The van der Waals surface area contributed by atoms with Gasteiger partial charge in [0.2, 0.25) is 0 Å². The van der Waals surface area contributed by atoms with Crippen LogP contribution in [0.1, 0.15) is 18.2 Å². The fourth-order valence-corrected chi connectivity index (χ4v) is 2.80. The number of anilines is 1. The maximum Gasteiger partial charge on any atom is 0.162 e. The SMILES string of the molecule is CCc1nc(-c2ccc(C)cc2Br)nc(N)c1Br. The Hall–Kier alpha value is -0.940. The fourth-order valence-electron chi connectivity index (χ4n) is 1.67. The molecule has 3 nitrogen and oxygen atoms in total. The Morgan fingerprint density at radius 3 is 2.56 bits per heavy atom. The predicted octanol–water partition coefficient (Wildman–Crippen LogP) is 4.12. The third-order valence-electron chi connectivity index (χ3n) is 2.65. The molecule has 94 valence electrons. The highest BCUT2D eigenvalue weighted by Gasteiger charge is 2.12. The first-order chi connectivity index (χ1) is 8.52. The summed E-state index contributed by atoms with van der Waals surface area (Å²) in [6, 6.07) is 6.08. The van der Waals surface area contributed by atoms with Gasteiger partial charge < -0.3 is 5.73 Å². The summed E-state index contributed by atoms with van der Waals surface area (Å²) in [6.07, 6.45) is 0.809. The number of nitrogens with zero attached hydrogens (tertiary/aromatic N) is 2. The van der Waals surface area contributed by atoms with Crippen LogP contribution in [0.3, 0.4) is 0 Å². The van der Waals surface area contributed by atoms with E-state index in [2.05, 4.69) is 41.8 Å². The topological polar surface area (TPSA) is 51.8 Å². The van der Waals surface area contributed by atoms with Gasteiger partial charge in [-0.25, -0.2) is 9.97 Å². The van der Waals surface area contributed by atoms with Crippen LogP contribution in [0.2, 0.25) is 0 Å². The Labute approximate surface area is 123 Å². The Kier molecular flexibility index (Phi) is 4.02. The van der Waals surface area contributed by atoms with E-state index in [1.807, 2.05) is 32.0 Å². The van der Waals surface area contributed by atoms with E-state index in [1.165, 1.54) is 5.56 Å². The molecule has 0 aliphatic heterocycles. The van der Waals surface area contributed by atoms with E-state index in [0.29, 0.717) is 11.6 Å².